The number of aromatic nitrogens is 2. The van der Waals surface area contributed by atoms with Crippen LogP contribution in [-0.4, -0.2) is 54.9 Å². The van der Waals surface area contributed by atoms with Gasteiger partial charge in [-0.2, -0.15) is 0 Å². The van der Waals surface area contributed by atoms with E-state index in [0.717, 1.165) is 57.9 Å². The Hall–Kier alpha value is -0.920. The molecule has 3 fully saturated rings. The van der Waals surface area contributed by atoms with Crippen molar-refractivity contribution in [2.45, 2.75) is 63.2 Å². The van der Waals surface area contributed by atoms with Gasteiger partial charge in [-0.1, -0.05) is 19.3 Å². The van der Waals surface area contributed by atoms with Gasteiger partial charge in [0.1, 0.15) is 0 Å². The second-order valence-electron chi connectivity index (χ2n) is 8.26. The molecule has 0 radical (unpaired) electrons. The summed E-state index contributed by atoms with van der Waals surface area (Å²) in [6.45, 7) is 4.88. The predicted octanol–water partition coefficient (Wildman–Crippen LogP) is 2.48. The average Bonchev–Trinajstić information content (AvgIpc) is 3.36. The molecule has 1 aliphatic heterocycles. The third-order valence-corrected chi connectivity index (χ3v) is 7.78. The largest absolute Gasteiger partial charge is 0.379 e. The van der Waals surface area contributed by atoms with Crippen LogP contribution in [0, 0.1) is 11.8 Å². The highest BCUT2D eigenvalue weighted by Crippen LogP contribution is 2.33. The molecule has 0 aromatic carbocycles. The number of ether oxygens (including phenoxy) is 1. The van der Waals surface area contributed by atoms with Crippen LogP contribution in [0.25, 0.3) is 0 Å². The highest BCUT2D eigenvalue weighted by atomic mass is 32.2. The molecule has 0 spiro atoms. The second kappa shape index (κ2) is 7.98. The number of hydrogen-bond acceptors (Lipinski definition) is 5. The van der Waals surface area contributed by atoms with Crippen LogP contribution in [0.3, 0.4) is 0 Å². The zero-order valence-electron chi connectivity index (χ0n) is 15.6. The van der Waals surface area contributed by atoms with E-state index in [1.54, 1.807) is 6.20 Å². The lowest BCUT2D eigenvalue weighted by atomic mass is 9.89. The Kier molecular flexibility index (Phi) is 5.66. The van der Waals surface area contributed by atoms with Crippen LogP contribution in [0.2, 0.25) is 0 Å². The number of sulfone groups is 1. The number of morpholine rings is 1. The van der Waals surface area contributed by atoms with Crippen molar-refractivity contribution in [1.82, 2.24) is 14.5 Å². The normalized spacial score (nSPS) is 23.4. The number of rotatable bonds is 7. The number of nitrogens with zero attached hydrogens (tertiary/aromatic N) is 3. The smallest absolute Gasteiger partial charge is 0.227 e. The first-order valence-electron chi connectivity index (χ1n) is 10.2. The Bertz CT molecular complexity index is 700. The Balaban J connectivity index is 1.57. The van der Waals surface area contributed by atoms with Crippen LogP contribution in [0.15, 0.2) is 11.4 Å². The highest BCUT2D eigenvalue weighted by molar-refractivity contribution is 7.91. The lowest BCUT2D eigenvalue weighted by molar-refractivity contribution is 0.0329. The quantitative estimate of drug-likeness (QED) is 0.726. The van der Waals surface area contributed by atoms with Gasteiger partial charge in [0.05, 0.1) is 30.9 Å². The monoisotopic (exact) mass is 381 g/mol. The minimum atomic E-state index is -3.29. The van der Waals surface area contributed by atoms with Crippen LogP contribution in [0.4, 0.5) is 0 Å². The molecule has 7 heteroatoms. The van der Waals surface area contributed by atoms with Crippen molar-refractivity contribution in [3.8, 4) is 0 Å². The molecule has 2 heterocycles. The maximum atomic E-state index is 12.9. The van der Waals surface area contributed by atoms with E-state index < -0.39 is 9.84 Å². The topological polar surface area (TPSA) is 64.4 Å². The highest BCUT2D eigenvalue weighted by Gasteiger charge is 2.33. The first-order valence-corrected chi connectivity index (χ1v) is 11.8. The summed E-state index contributed by atoms with van der Waals surface area (Å²) in [4.78, 5) is 6.76. The summed E-state index contributed by atoms with van der Waals surface area (Å²) in [5.41, 5.74) is 1.05. The average molecular weight is 382 g/mol. The molecular weight excluding hydrogens is 350 g/mol. The lowest BCUT2D eigenvalue weighted by Gasteiger charge is -2.28. The van der Waals surface area contributed by atoms with Gasteiger partial charge in [-0.3, -0.25) is 4.90 Å². The molecule has 0 unspecified atom stereocenters. The number of hydrogen-bond donors (Lipinski definition) is 0. The summed E-state index contributed by atoms with van der Waals surface area (Å²) in [6, 6.07) is 0. The minimum Gasteiger partial charge on any atom is -0.379 e. The van der Waals surface area contributed by atoms with Crippen LogP contribution < -0.4 is 0 Å². The van der Waals surface area contributed by atoms with Gasteiger partial charge in [-0.25, -0.2) is 13.4 Å². The van der Waals surface area contributed by atoms with Crippen molar-refractivity contribution in [2.24, 2.45) is 11.8 Å². The number of imidazole rings is 1. The molecule has 26 heavy (non-hydrogen) atoms. The van der Waals surface area contributed by atoms with Crippen molar-refractivity contribution in [3.63, 3.8) is 0 Å². The molecule has 146 valence electrons. The molecule has 1 aromatic heterocycles. The Labute approximate surface area is 156 Å². The van der Waals surface area contributed by atoms with Crippen molar-refractivity contribution in [1.29, 1.82) is 0 Å². The van der Waals surface area contributed by atoms with Gasteiger partial charge in [-0.15, -0.1) is 0 Å². The molecule has 0 N–H and O–H groups in total. The van der Waals surface area contributed by atoms with Crippen molar-refractivity contribution < 1.29 is 13.2 Å². The molecule has 0 amide bonds. The fourth-order valence-corrected chi connectivity index (χ4v) is 6.09. The zero-order chi connectivity index (χ0) is 18.0. The summed E-state index contributed by atoms with van der Waals surface area (Å²) < 4.78 is 33.4. The van der Waals surface area contributed by atoms with Gasteiger partial charge in [-0.05, 0) is 37.5 Å². The van der Waals surface area contributed by atoms with Gasteiger partial charge >= 0.3 is 0 Å². The Morgan fingerprint density at radius 2 is 1.77 bits per heavy atom. The lowest BCUT2D eigenvalue weighted by Crippen LogP contribution is -2.36. The maximum Gasteiger partial charge on any atom is 0.227 e. The fraction of sp³-hybridized carbons (Fsp3) is 0.842. The van der Waals surface area contributed by atoms with E-state index in [9.17, 15) is 8.42 Å². The standard InChI is InChI=1S/C19H31N3O3S/c23-26(24,15-17-6-7-17)19-20-12-18(14-21-8-10-25-11-9-21)22(19)13-16-4-2-1-3-5-16/h12,16-17H,1-11,13-15H2. The van der Waals surface area contributed by atoms with E-state index in [2.05, 4.69) is 9.88 Å². The Morgan fingerprint density at radius 3 is 2.46 bits per heavy atom. The molecule has 3 aliphatic rings. The molecule has 0 atom stereocenters. The van der Waals surface area contributed by atoms with Gasteiger partial charge in [0.15, 0.2) is 0 Å². The SMILES string of the molecule is O=S(=O)(CC1CC1)c1ncc(CN2CCOCC2)n1CC1CCCCC1. The van der Waals surface area contributed by atoms with Crippen molar-refractivity contribution in [3.05, 3.63) is 11.9 Å². The second-order valence-corrected chi connectivity index (χ2v) is 10.2. The van der Waals surface area contributed by atoms with Gasteiger partial charge in [0.25, 0.3) is 0 Å². The molecule has 2 aliphatic carbocycles. The molecule has 1 aromatic rings. The summed E-state index contributed by atoms with van der Waals surface area (Å²) in [6.07, 6.45) is 10.2. The summed E-state index contributed by atoms with van der Waals surface area (Å²) in [7, 11) is -3.29. The van der Waals surface area contributed by atoms with Crippen molar-refractivity contribution >= 4 is 9.84 Å². The summed E-state index contributed by atoms with van der Waals surface area (Å²) in [5, 5.41) is 0.318. The van der Waals surface area contributed by atoms with Crippen LogP contribution in [0.1, 0.15) is 50.6 Å². The first kappa shape index (κ1) is 18.4. The third kappa shape index (κ3) is 4.49. The zero-order valence-corrected chi connectivity index (χ0v) is 16.4. The van der Waals surface area contributed by atoms with E-state index in [-0.39, 0.29) is 5.75 Å². The summed E-state index contributed by atoms with van der Waals surface area (Å²) >= 11 is 0. The molecular formula is C19H31N3O3S. The molecule has 1 saturated heterocycles. The van der Waals surface area contributed by atoms with E-state index in [1.165, 1.54) is 32.1 Å². The minimum absolute atomic E-state index is 0.270. The molecule has 0 bridgehead atoms. The third-order valence-electron chi connectivity index (χ3n) is 5.99. The molecule has 6 nitrogen and oxygen atoms in total. The fourth-order valence-electron chi connectivity index (χ4n) is 4.25. The molecule has 2 saturated carbocycles. The molecule has 4 rings (SSSR count). The van der Waals surface area contributed by atoms with Crippen LogP contribution in [-0.2, 0) is 27.7 Å². The van der Waals surface area contributed by atoms with Gasteiger partial charge < -0.3 is 9.30 Å². The van der Waals surface area contributed by atoms with E-state index >= 15 is 0 Å². The first-order chi connectivity index (χ1) is 12.6. The van der Waals surface area contributed by atoms with E-state index in [1.807, 2.05) is 4.57 Å². The summed E-state index contributed by atoms with van der Waals surface area (Å²) in [5.74, 6) is 1.20. The van der Waals surface area contributed by atoms with Crippen LogP contribution in [0.5, 0.6) is 0 Å². The van der Waals surface area contributed by atoms with Crippen molar-refractivity contribution in [2.75, 3.05) is 32.1 Å². The van der Waals surface area contributed by atoms with E-state index in [4.69, 9.17) is 4.74 Å². The predicted molar refractivity (Wildman–Crippen MR) is 99.7 cm³/mol. The van der Waals surface area contributed by atoms with Crippen LogP contribution >= 0.6 is 0 Å². The van der Waals surface area contributed by atoms with Gasteiger partial charge in [0.2, 0.25) is 15.0 Å². The maximum absolute atomic E-state index is 12.9. The van der Waals surface area contributed by atoms with Gasteiger partial charge in [0, 0.05) is 26.2 Å². The Morgan fingerprint density at radius 1 is 1.04 bits per heavy atom. The van der Waals surface area contributed by atoms with E-state index in [0.29, 0.717) is 17.0 Å².